The quantitative estimate of drug-likeness (QED) is 0.878. The van der Waals surface area contributed by atoms with Crippen LogP contribution in [0.2, 0.25) is 0 Å². The van der Waals surface area contributed by atoms with Crippen LogP contribution < -0.4 is 5.56 Å². The van der Waals surface area contributed by atoms with E-state index in [1.54, 1.807) is 18.5 Å². The Kier molecular flexibility index (Phi) is 3.28. The Morgan fingerprint density at radius 2 is 2.11 bits per heavy atom. The lowest BCUT2D eigenvalue weighted by Gasteiger charge is -2.17. The summed E-state index contributed by atoms with van der Waals surface area (Å²) in [5.74, 6) is 0.717. The third-order valence-electron chi connectivity index (χ3n) is 2.61. The smallest absolute Gasteiger partial charge is 0.251 e. The Bertz CT molecular complexity index is 582. The number of aromatic nitrogens is 3. The van der Waals surface area contributed by atoms with Gasteiger partial charge >= 0.3 is 0 Å². The van der Waals surface area contributed by atoms with Crippen molar-refractivity contribution in [1.29, 1.82) is 0 Å². The monoisotopic (exact) mass is 243 g/mol. The van der Waals surface area contributed by atoms with Gasteiger partial charge in [0.15, 0.2) is 0 Å². The van der Waals surface area contributed by atoms with E-state index in [1.807, 2.05) is 32.9 Å². The predicted molar refractivity (Wildman–Crippen MR) is 70.6 cm³/mol. The molecule has 0 amide bonds. The molecule has 0 atom stereocenters. The molecular formula is C14H17N3O. The third kappa shape index (κ3) is 3.03. The average Bonchev–Trinajstić information content (AvgIpc) is 2.28. The summed E-state index contributed by atoms with van der Waals surface area (Å²) in [7, 11) is 0. The molecule has 0 aliphatic heterocycles. The second kappa shape index (κ2) is 4.72. The summed E-state index contributed by atoms with van der Waals surface area (Å²) in [4.78, 5) is 23.0. The van der Waals surface area contributed by atoms with Crippen molar-refractivity contribution in [2.45, 2.75) is 32.6 Å². The van der Waals surface area contributed by atoms with Crippen molar-refractivity contribution < 1.29 is 0 Å². The number of nitrogens with one attached hydrogen (secondary N) is 1. The summed E-state index contributed by atoms with van der Waals surface area (Å²) in [5, 5.41) is 0. The molecule has 2 heterocycles. The number of pyridine rings is 1. The predicted octanol–water partition coefficient (Wildman–Crippen LogP) is 2.05. The zero-order chi connectivity index (χ0) is 13.2. The zero-order valence-electron chi connectivity index (χ0n) is 10.9. The first-order chi connectivity index (χ1) is 8.45. The molecule has 0 aromatic carbocycles. The van der Waals surface area contributed by atoms with Gasteiger partial charge in [-0.2, -0.15) is 0 Å². The largest absolute Gasteiger partial charge is 0.310 e. The highest BCUT2D eigenvalue weighted by molar-refractivity contribution is 5.18. The molecule has 0 aliphatic carbocycles. The Morgan fingerprint density at radius 1 is 1.33 bits per heavy atom. The average molecular weight is 243 g/mol. The van der Waals surface area contributed by atoms with E-state index < -0.39 is 0 Å². The van der Waals surface area contributed by atoms with Crippen LogP contribution in [0, 0.1) is 0 Å². The van der Waals surface area contributed by atoms with Crippen molar-refractivity contribution in [1.82, 2.24) is 15.0 Å². The van der Waals surface area contributed by atoms with Gasteiger partial charge in [0.2, 0.25) is 0 Å². The molecule has 0 bridgehead atoms. The number of H-pyrrole nitrogens is 1. The van der Waals surface area contributed by atoms with E-state index in [0.717, 1.165) is 11.3 Å². The second-order valence-corrected chi connectivity index (χ2v) is 5.37. The second-order valence-electron chi connectivity index (χ2n) is 5.37. The van der Waals surface area contributed by atoms with E-state index in [2.05, 4.69) is 15.0 Å². The van der Waals surface area contributed by atoms with Gasteiger partial charge in [-0.25, -0.2) is 4.98 Å². The number of rotatable bonds is 2. The van der Waals surface area contributed by atoms with E-state index >= 15 is 0 Å². The Morgan fingerprint density at radius 3 is 2.72 bits per heavy atom. The minimum absolute atomic E-state index is 0.103. The van der Waals surface area contributed by atoms with Crippen LogP contribution in [-0.2, 0) is 11.8 Å². The Hall–Kier alpha value is -1.97. The van der Waals surface area contributed by atoms with Gasteiger partial charge in [0.1, 0.15) is 5.82 Å². The van der Waals surface area contributed by atoms with Gasteiger partial charge in [-0.15, -0.1) is 0 Å². The van der Waals surface area contributed by atoms with Crippen LogP contribution in [0.1, 0.15) is 37.9 Å². The van der Waals surface area contributed by atoms with E-state index in [-0.39, 0.29) is 11.0 Å². The first kappa shape index (κ1) is 12.5. The molecule has 0 saturated carbocycles. The molecule has 2 aromatic heterocycles. The van der Waals surface area contributed by atoms with Crippen LogP contribution >= 0.6 is 0 Å². The van der Waals surface area contributed by atoms with Gasteiger partial charge < -0.3 is 4.98 Å². The molecule has 94 valence electrons. The molecule has 0 fully saturated rings. The fourth-order valence-corrected chi connectivity index (χ4v) is 1.67. The highest BCUT2D eigenvalue weighted by Crippen LogP contribution is 2.17. The van der Waals surface area contributed by atoms with E-state index in [0.29, 0.717) is 12.2 Å². The van der Waals surface area contributed by atoms with Crippen LogP contribution in [0.4, 0.5) is 0 Å². The van der Waals surface area contributed by atoms with Gasteiger partial charge in [-0.05, 0) is 11.6 Å². The van der Waals surface area contributed by atoms with E-state index in [9.17, 15) is 4.79 Å². The Labute approximate surface area is 106 Å². The minimum Gasteiger partial charge on any atom is -0.310 e. The van der Waals surface area contributed by atoms with Crippen LogP contribution in [0.15, 0.2) is 35.4 Å². The maximum absolute atomic E-state index is 11.6. The third-order valence-corrected chi connectivity index (χ3v) is 2.61. The molecule has 18 heavy (non-hydrogen) atoms. The van der Waals surface area contributed by atoms with Crippen LogP contribution in [0.25, 0.3) is 0 Å². The van der Waals surface area contributed by atoms with Gasteiger partial charge in [0, 0.05) is 30.3 Å². The summed E-state index contributed by atoms with van der Waals surface area (Å²) in [6.07, 6.45) is 4.15. The number of hydrogen-bond donors (Lipinski definition) is 1. The van der Waals surface area contributed by atoms with E-state index in [4.69, 9.17) is 0 Å². The minimum atomic E-state index is -0.163. The van der Waals surface area contributed by atoms with Crippen molar-refractivity contribution in [3.63, 3.8) is 0 Å². The summed E-state index contributed by atoms with van der Waals surface area (Å²) in [6, 6.07) is 5.40. The summed E-state index contributed by atoms with van der Waals surface area (Å²) in [6.45, 7) is 6.08. The molecule has 2 aromatic rings. The molecule has 0 aliphatic rings. The number of nitrogens with zero attached hydrogens (tertiary/aromatic N) is 2. The summed E-state index contributed by atoms with van der Waals surface area (Å²) < 4.78 is 0. The summed E-state index contributed by atoms with van der Waals surface area (Å²) in [5.41, 5.74) is 1.56. The molecule has 0 unspecified atom stereocenters. The van der Waals surface area contributed by atoms with Gasteiger partial charge in [-0.1, -0.05) is 26.8 Å². The SMILES string of the molecule is CC(C)(C)c1nc(Cc2cccnc2)cc(=O)[nH]1. The van der Waals surface area contributed by atoms with Crippen molar-refractivity contribution in [2.75, 3.05) is 0 Å². The lowest BCUT2D eigenvalue weighted by molar-refractivity contribution is 0.539. The molecule has 1 N–H and O–H groups in total. The van der Waals surface area contributed by atoms with Crippen LogP contribution in [-0.4, -0.2) is 15.0 Å². The molecule has 0 radical (unpaired) electrons. The van der Waals surface area contributed by atoms with E-state index in [1.165, 1.54) is 0 Å². The molecule has 0 spiro atoms. The zero-order valence-corrected chi connectivity index (χ0v) is 10.9. The lowest BCUT2D eigenvalue weighted by atomic mass is 9.95. The van der Waals surface area contributed by atoms with Crippen molar-refractivity contribution in [3.05, 3.63) is 58.0 Å². The van der Waals surface area contributed by atoms with Gasteiger partial charge in [0.25, 0.3) is 5.56 Å². The molecular weight excluding hydrogens is 226 g/mol. The molecule has 2 rings (SSSR count). The van der Waals surface area contributed by atoms with Gasteiger partial charge in [-0.3, -0.25) is 9.78 Å². The van der Waals surface area contributed by atoms with Crippen molar-refractivity contribution in [2.24, 2.45) is 0 Å². The fourth-order valence-electron chi connectivity index (χ4n) is 1.67. The highest BCUT2D eigenvalue weighted by Gasteiger charge is 2.17. The molecule has 0 saturated heterocycles. The highest BCUT2D eigenvalue weighted by atomic mass is 16.1. The van der Waals surface area contributed by atoms with Crippen molar-refractivity contribution in [3.8, 4) is 0 Å². The molecule has 4 heteroatoms. The maximum Gasteiger partial charge on any atom is 0.251 e. The molecule has 4 nitrogen and oxygen atoms in total. The topological polar surface area (TPSA) is 58.6 Å². The van der Waals surface area contributed by atoms with Crippen LogP contribution in [0.5, 0.6) is 0 Å². The summed E-state index contributed by atoms with van der Waals surface area (Å²) >= 11 is 0. The van der Waals surface area contributed by atoms with Crippen molar-refractivity contribution >= 4 is 0 Å². The first-order valence-electron chi connectivity index (χ1n) is 5.95. The Balaban J connectivity index is 2.35. The maximum atomic E-state index is 11.6. The first-order valence-corrected chi connectivity index (χ1v) is 5.95. The normalized spacial score (nSPS) is 11.5. The standard InChI is InChI=1S/C14H17N3O/c1-14(2,3)13-16-11(8-12(18)17-13)7-10-5-4-6-15-9-10/h4-6,8-9H,7H2,1-3H3,(H,16,17,18). The van der Waals surface area contributed by atoms with Crippen LogP contribution in [0.3, 0.4) is 0 Å². The number of aromatic amines is 1. The number of hydrogen-bond acceptors (Lipinski definition) is 3. The fraction of sp³-hybridized carbons (Fsp3) is 0.357. The van der Waals surface area contributed by atoms with Gasteiger partial charge in [0.05, 0.1) is 5.69 Å². The lowest BCUT2D eigenvalue weighted by Crippen LogP contribution is -2.22.